The third kappa shape index (κ3) is 6.03. The highest BCUT2D eigenvalue weighted by Gasteiger charge is 2.35. The van der Waals surface area contributed by atoms with Gasteiger partial charge >= 0.3 is 6.03 Å². The van der Waals surface area contributed by atoms with Crippen molar-refractivity contribution in [3.8, 4) is 5.69 Å². The van der Waals surface area contributed by atoms with E-state index in [-0.39, 0.29) is 18.0 Å². The van der Waals surface area contributed by atoms with Crippen LogP contribution in [0.15, 0.2) is 54.6 Å². The smallest absolute Gasteiger partial charge is 0.320 e. The van der Waals surface area contributed by atoms with Gasteiger partial charge in [-0.3, -0.25) is 10.2 Å². The molecule has 202 valence electrons. The van der Waals surface area contributed by atoms with Gasteiger partial charge in [0.1, 0.15) is 5.82 Å². The molecule has 0 radical (unpaired) electrons. The molecule has 8 nitrogen and oxygen atoms in total. The minimum Gasteiger partial charge on any atom is -0.383 e. The van der Waals surface area contributed by atoms with E-state index in [1.54, 1.807) is 17.9 Å². The highest BCUT2D eigenvalue weighted by atomic mass is 19.2. The number of likely N-dealkylation sites (tertiary alicyclic amines) is 1. The van der Waals surface area contributed by atoms with E-state index < -0.39 is 11.6 Å². The van der Waals surface area contributed by atoms with Gasteiger partial charge in [-0.05, 0) is 55.8 Å². The van der Waals surface area contributed by atoms with Crippen molar-refractivity contribution in [3.05, 3.63) is 77.5 Å². The highest BCUT2D eigenvalue weighted by Crippen LogP contribution is 2.30. The molecule has 10 heteroatoms. The number of anilines is 1. The molecule has 5 rings (SSSR count). The van der Waals surface area contributed by atoms with Gasteiger partial charge in [0.25, 0.3) is 0 Å². The molecule has 2 fully saturated rings. The number of benzene rings is 2. The van der Waals surface area contributed by atoms with Gasteiger partial charge in [-0.25, -0.2) is 18.3 Å². The number of para-hydroxylation sites is 1. The highest BCUT2D eigenvalue weighted by molar-refractivity contribution is 5.89. The SMILES string of the molecule is COCCN1CC(NC(=O)Nc2cc(C3CCNCC3)nn2-c2ccccc2)C(c2ccc(F)c(F)c2)C1. The first kappa shape index (κ1) is 26.3. The molecule has 3 aromatic rings. The summed E-state index contributed by atoms with van der Waals surface area (Å²) in [5.41, 5.74) is 2.46. The number of ether oxygens (including phenoxy) is 1. The number of piperidine rings is 1. The number of methoxy groups -OCH3 is 1. The van der Waals surface area contributed by atoms with Crippen LogP contribution in [0.1, 0.15) is 35.9 Å². The Morgan fingerprint density at radius 3 is 2.61 bits per heavy atom. The van der Waals surface area contributed by atoms with Gasteiger partial charge in [0.05, 0.1) is 24.0 Å². The van der Waals surface area contributed by atoms with E-state index in [0.29, 0.717) is 43.5 Å². The van der Waals surface area contributed by atoms with Gasteiger partial charge in [-0.2, -0.15) is 5.10 Å². The first-order valence-electron chi connectivity index (χ1n) is 13.1. The van der Waals surface area contributed by atoms with Gasteiger partial charge in [0.15, 0.2) is 11.6 Å². The lowest BCUT2D eigenvalue weighted by Gasteiger charge is -2.21. The zero-order valence-electron chi connectivity index (χ0n) is 21.5. The molecule has 2 unspecified atom stereocenters. The summed E-state index contributed by atoms with van der Waals surface area (Å²) < 4.78 is 34.6. The van der Waals surface area contributed by atoms with Crippen molar-refractivity contribution < 1.29 is 18.3 Å². The van der Waals surface area contributed by atoms with Gasteiger partial charge in [0.2, 0.25) is 0 Å². The Morgan fingerprint density at radius 1 is 1.08 bits per heavy atom. The number of hydrogen-bond acceptors (Lipinski definition) is 5. The predicted octanol–water partition coefficient (Wildman–Crippen LogP) is 3.85. The number of carbonyl (C=O) groups excluding carboxylic acids is 1. The van der Waals surface area contributed by atoms with Crippen LogP contribution in [0.2, 0.25) is 0 Å². The van der Waals surface area contributed by atoms with Crippen LogP contribution in [-0.2, 0) is 4.74 Å². The molecule has 1 aromatic heterocycles. The molecule has 0 aliphatic carbocycles. The summed E-state index contributed by atoms with van der Waals surface area (Å²) in [4.78, 5) is 15.5. The topological polar surface area (TPSA) is 83.4 Å². The summed E-state index contributed by atoms with van der Waals surface area (Å²) in [6.07, 6.45) is 1.99. The Balaban J connectivity index is 1.35. The number of hydrogen-bond donors (Lipinski definition) is 3. The van der Waals surface area contributed by atoms with Crippen molar-refractivity contribution in [2.75, 3.05) is 51.8 Å². The summed E-state index contributed by atoms with van der Waals surface area (Å²) in [6.45, 7) is 4.27. The fraction of sp³-hybridized carbons (Fsp3) is 0.429. The fourth-order valence-corrected chi connectivity index (χ4v) is 5.41. The fourth-order valence-electron chi connectivity index (χ4n) is 5.41. The average Bonchev–Trinajstić information content (AvgIpc) is 3.54. The van der Waals surface area contributed by atoms with Crippen LogP contribution >= 0.6 is 0 Å². The first-order chi connectivity index (χ1) is 18.5. The van der Waals surface area contributed by atoms with Crippen molar-refractivity contribution in [3.63, 3.8) is 0 Å². The quantitative estimate of drug-likeness (QED) is 0.417. The van der Waals surface area contributed by atoms with E-state index in [2.05, 4.69) is 20.9 Å². The summed E-state index contributed by atoms with van der Waals surface area (Å²) in [6, 6.07) is 14.9. The molecule has 2 amide bonds. The maximum absolute atomic E-state index is 14.0. The normalized spacial score (nSPS) is 20.5. The zero-order chi connectivity index (χ0) is 26.5. The maximum Gasteiger partial charge on any atom is 0.320 e. The van der Waals surface area contributed by atoms with Crippen molar-refractivity contribution >= 4 is 11.8 Å². The second-order valence-electron chi connectivity index (χ2n) is 9.96. The minimum atomic E-state index is -0.891. The van der Waals surface area contributed by atoms with Crippen molar-refractivity contribution in [2.45, 2.75) is 30.7 Å². The second kappa shape index (κ2) is 12.0. The Kier molecular flexibility index (Phi) is 8.31. The van der Waals surface area contributed by atoms with E-state index in [9.17, 15) is 13.6 Å². The number of rotatable bonds is 8. The summed E-state index contributed by atoms with van der Waals surface area (Å²) in [5, 5.41) is 14.3. The van der Waals surface area contributed by atoms with Crippen LogP contribution in [0.5, 0.6) is 0 Å². The molecule has 3 heterocycles. The lowest BCUT2D eigenvalue weighted by Crippen LogP contribution is -2.42. The number of aromatic nitrogens is 2. The minimum absolute atomic E-state index is 0.197. The van der Waals surface area contributed by atoms with E-state index in [4.69, 9.17) is 9.84 Å². The van der Waals surface area contributed by atoms with E-state index in [1.165, 1.54) is 6.07 Å². The Hall–Kier alpha value is -3.34. The van der Waals surface area contributed by atoms with Crippen molar-refractivity contribution in [2.24, 2.45) is 0 Å². The van der Waals surface area contributed by atoms with Crippen LogP contribution in [0.4, 0.5) is 19.4 Å². The molecular weight excluding hydrogens is 490 g/mol. The lowest BCUT2D eigenvalue weighted by atomic mass is 9.94. The standard InChI is InChI=1S/C28H34F2N6O2/c1-38-14-13-35-17-22(20-7-8-23(29)24(30)15-20)26(18-35)32-28(37)33-27-16-25(19-9-11-31-12-10-19)34-36(27)21-5-3-2-4-6-21/h2-8,15-16,19,22,26,31H,9-14,17-18H2,1H3,(H2,32,33,37). The van der Waals surface area contributed by atoms with E-state index in [1.807, 2.05) is 36.4 Å². The first-order valence-corrected chi connectivity index (χ1v) is 13.1. The van der Waals surface area contributed by atoms with Gasteiger partial charge < -0.3 is 15.4 Å². The molecule has 2 aliphatic rings. The molecule has 2 aliphatic heterocycles. The number of carbonyl (C=O) groups is 1. The number of nitrogens with one attached hydrogen (secondary N) is 3. The molecule has 38 heavy (non-hydrogen) atoms. The largest absolute Gasteiger partial charge is 0.383 e. The van der Waals surface area contributed by atoms with E-state index >= 15 is 0 Å². The molecule has 0 spiro atoms. The molecule has 2 atom stereocenters. The molecule has 0 bridgehead atoms. The molecule has 3 N–H and O–H groups in total. The third-order valence-electron chi connectivity index (χ3n) is 7.42. The second-order valence-corrected chi connectivity index (χ2v) is 9.96. The van der Waals surface area contributed by atoms with Crippen molar-refractivity contribution in [1.29, 1.82) is 0 Å². The Labute approximate surface area is 221 Å². The average molecular weight is 525 g/mol. The monoisotopic (exact) mass is 524 g/mol. The maximum atomic E-state index is 14.0. The molecule has 2 saturated heterocycles. The Bertz CT molecular complexity index is 1230. The van der Waals surface area contributed by atoms with Crippen LogP contribution in [0, 0.1) is 11.6 Å². The number of nitrogens with zero attached hydrogens (tertiary/aromatic N) is 3. The van der Waals surface area contributed by atoms with Crippen LogP contribution in [0.3, 0.4) is 0 Å². The van der Waals surface area contributed by atoms with Gasteiger partial charge in [-0.15, -0.1) is 0 Å². The summed E-state index contributed by atoms with van der Waals surface area (Å²) >= 11 is 0. The third-order valence-corrected chi connectivity index (χ3v) is 7.42. The number of urea groups is 1. The summed E-state index contributed by atoms with van der Waals surface area (Å²) in [5.74, 6) is -1.06. The summed E-state index contributed by atoms with van der Waals surface area (Å²) in [7, 11) is 1.64. The van der Waals surface area contributed by atoms with Crippen LogP contribution in [0.25, 0.3) is 5.69 Å². The Morgan fingerprint density at radius 2 is 1.87 bits per heavy atom. The number of halogens is 2. The predicted molar refractivity (Wildman–Crippen MR) is 142 cm³/mol. The zero-order valence-corrected chi connectivity index (χ0v) is 21.5. The molecule has 0 saturated carbocycles. The molecule has 2 aromatic carbocycles. The number of amides is 2. The van der Waals surface area contributed by atoms with Gasteiger partial charge in [0, 0.05) is 44.6 Å². The molecular formula is C28H34F2N6O2. The van der Waals surface area contributed by atoms with Crippen LogP contribution in [-0.4, -0.2) is 73.2 Å². The van der Waals surface area contributed by atoms with Crippen molar-refractivity contribution in [1.82, 2.24) is 25.3 Å². The lowest BCUT2D eigenvalue weighted by molar-refractivity contribution is 0.159. The van der Waals surface area contributed by atoms with E-state index in [0.717, 1.165) is 43.4 Å². The van der Waals surface area contributed by atoms with Gasteiger partial charge in [-0.1, -0.05) is 24.3 Å². The van der Waals surface area contributed by atoms with Crippen LogP contribution < -0.4 is 16.0 Å².